The van der Waals surface area contributed by atoms with E-state index in [1.807, 2.05) is 6.07 Å². The van der Waals surface area contributed by atoms with Crippen LogP contribution in [0.4, 0.5) is 17.1 Å². The zero-order valence-corrected chi connectivity index (χ0v) is 24.3. The van der Waals surface area contributed by atoms with Gasteiger partial charge in [-0.1, -0.05) is 109 Å². The number of hydrogen-bond acceptors (Lipinski definition) is 4. The van der Waals surface area contributed by atoms with E-state index < -0.39 is 7.05 Å². The maximum Gasteiger partial charge on any atom is 0.129 e. The van der Waals surface area contributed by atoms with Crippen LogP contribution in [-0.2, 0) is 0 Å². The topological polar surface area (TPSA) is 46.5 Å². The molecule has 0 atom stereocenters. The van der Waals surface area contributed by atoms with Crippen molar-refractivity contribution in [2.75, 3.05) is 12.4 Å². The quantitative estimate of drug-likeness (QED) is 0.202. The molecule has 0 amide bonds. The molecule has 5 heteroatoms. The van der Waals surface area contributed by atoms with Gasteiger partial charge in [-0.25, -0.2) is 4.74 Å². The fraction of sp³-hybridized carbons (Fsp3) is 0.0833. The van der Waals surface area contributed by atoms with E-state index in [4.69, 9.17) is 14.5 Å². The highest BCUT2D eigenvalue weighted by atomic mass is 31.2. The maximum absolute atomic E-state index is 5.89. The molecule has 202 valence electrons. The van der Waals surface area contributed by atoms with Crippen molar-refractivity contribution in [1.82, 2.24) is 4.98 Å². The summed E-state index contributed by atoms with van der Waals surface area (Å²) in [5, 5.41) is 8.21. The summed E-state index contributed by atoms with van der Waals surface area (Å²) >= 11 is 0. The second-order valence-corrected chi connectivity index (χ2v) is 13.0. The van der Waals surface area contributed by atoms with Crippen molar-refractivity contribution in [3.63, 3.8) is 0 Å². The first-order chi connectivity index (χ1) is 20.1. The van der Waals surface area contributed by atoms with E-state index in [0.29, 0.717) is 0 Å². The van der Waals surface area contributed by atoms with Crippen LogP contribution in [-0.4, -0.2) is 12.1 Å². The van der Waals surface area contributed by atoms with Gasteiger partial charge < -0.3 is 10.1 Å². The SMILES string of the molecule is COc1ccnc2c(N=P(c3ccccc3)(c3ccccc3)c3ccccc3)c(Nc3c(C)cccc3C)ccc12. The number of aromatic nitrogens is 1. The number of aryl methyl sites for hydroxylation is 2. The summed E-state index contributed by atoms with van der Waals surface area (Å²) in [7, 11) is -0.856. The number of para-hydroxylation sites is 1. The number of pyridine rings is 1. The lowest BCUT2D eigenvalue weighted by molar-refractivity contribution is 0.419. The van der Waals surface area contributed by atoms with Gasteiger partial charge in [-0.05, 0) is 43.2 Å². The van der Waals surface area contributed by atoms with Gasteiger partial charge >= 0.3 is 0 Å². The zero-order chi connectivity index (χ0) is 28.2. The lowest BCUT2D eigenvalue weighted by Gasteiger charge is -2.28. The Morgan fingerprint density at radius 2 is 1.17 bits per heavy atom. The number of anilines is 2. The molecule has 6 rings (SSSR count). The molecule has 41 heavy (non-hydrogen) atoms. The standard InChI is InChI=1S/C36H32N3OP/c1-26-14-13-15-27(2)34(26)38-32-23-22-31-33(40-3)24-25-37-35(31)36(32)39-41(28-16-7-4-8-17-28,29-18-9-5-10-19-29)30-20-11-6-12-21-30/h4-25,38H,1-3H3. The number of rotatable bonds is 7. The Kier molecular flexibility index (Phi) is 7.41. The molecule has 0 aliphatic heterocycles. The molecule has 0 aliphatic rings. The molecule has 6 aromatic rings. The molecule has 0 spiro atoms. The first-order valence-electron chi connectivity index (χ1n) is 13.7. The number of fused-ring (bicyclic) bond motifs is 1. The maximum atomic E-state index is 5.89. The van der Waals surface area contributed by atoms with E-state index in [1.54, 1.807) is 13.3 Å². The van der Waals surface area contributed by atoms with Gasteiger partial charge in [0.1, 0.15) is 17.0 Å². The average Bonchev–Trinajstić information content (AvgIpc) is 3.03. The number of ether oxygens (including phenoxy) is 1. The number of methoxy groups -OCH3 is 1. The van der Waals surface area contributed by atoms with Crippen LogP contribution < -0.4 is 26.0 Å². The Morgan fingerprint density at radius 3 is 1.68 bits per heavy atom. The minimum Gasteiger partial charge on any atom is -0.496 e. The lowest BCUT2D eigenvalue weighted by atomic mass is 10.1. The molecule has 1 aromatic heterocycles. The predicted octanol–water partition coefficient (Wildman–Crippen LogP) is 8.41. The normalized spacial score (nSPS) is 11.3. The van der Waals surface area contributed by atoms with E-state index >= 15 is 0 Å². The largest absolute Gasteiger partial charge is 0.496 e. The van der Waals surface area contributed by atoms with Gasteiger partial charge in [0.05, 0.1) is 19.9 Å². The van der Waals surface area contributed by atoms with E-state index in [9.17, 15) is 0 Å². The highest BCUT2D eigenvalue weighted by molar-refractivity contribution is 7.87. The molecule has 0 saturated heterocycles. The van der Waals surface area contributed by atoms with Gasteiger partial charge in [0.2, 0.25) is 0 Å². The average molecular weight is 554 g/mol. The lowest BCUT2D eigenvalue weighted by Crippen LogP contribution is -2.25. The number of nitrogens with zero attached hydrogens (tertiary/aromatic N) is 2. The third kappa shape index (κ3) is 4.92. The van der Waals surface area contributed by atoms with Crippen LogP contribution in [0.3, 0.4) is 0 Å². The summed E-state index contributed by atoms with van der Waals surface area (Å²) in [5.41, 5.74) is 5.94. The van der Waals surface area contributed by atoms with E-state index in [-0.39, 0.29) is 0 Å². The Balaban J connectivity index is 1.78. The van der Waals surface area contributed by atoms with Crippen LogP contribution in [0.2, 0.25) is 0 Å². The summed E-state index contributed by atoms with van der Waals surface area (Å²) < 4.78 is 11.7. The van der Waals surface area contributed by atoms with Gasteiger partial charge in [0.25, 0.3) is 0 Å². The Hall–Kier alpha value is -4.66. The molecule has 1 heterocycles. The second kappa shape index (κ2) is 11.4. The number of benzene rings is 5. The molecular weight excluding hydrogens is 521 g/mol. The highest BCUT2D eigenvalue weighted by Crippen LogP contribution is 2.52. The number of hydrogen-bond donors (Lipinski definition) is 1. The summed E-state index contributed by atoms with van der Waals surface area (Å²) in [6, 6.07) is 44.4. The second-order valence-electron chi connectivity index (χ2n) is 10.0. The van der Waals surface area contributed by atoms with Crippen LogP contribution in [0.15, 0.2) is 138 Å². The highest BCUT2D eigenvalue weighted by Gasteiger charge is 2.29. The Labute approximate surface area is 241 Å². The Bertz CT molecular complexity index is 1750. The first kappa shape index (κ1) is 26.6. The van der Waals surface area contributed by atoms with Crippen LogP contribution >= 0.6 is 7.05 Å². The summed E-state index contributed by atoms with van der Waals surface area (Å²) in [6.45, 7) is 4.26. The smallest absolute Gasteiger partial charge is 0.129 e. The molecule has 0 radical (unpaired) electrons. The van der Waals surface area contributed by atoms with Gasteiger partial charge in [-0.3, -0.25) is 4.98 Å². The molecule has 0 saturated carbocycles. The molecule has 0 unspecified atom stereocenters. The van der Waals surface area contributed by atoms with Gasteiger partial charge in [0, 0.05) is 33.2 Å². The molecule has 0 aliphatic carbocycles. The first-order valence-corrected chi connectivity index (χ1v) is 15.4. The van der Waals surface area contributed by atoms with Crippen LogP contribution in [0.5, 0.6) is 5.75 Å². The predicted molar refractivity (Wildman–Crippen MR) is 175 cm³/mol. The van der Waals surface area contributed by atoms with Crippen molar-refractivity contribution in [1.29, 1.82) is 0 Å². The molecule has 0 fully saturated rings. The molecule has 1 N–H and O–H groups in total. The summed E-state index contributed by atoms with van der Waals surface area (Å²) in [5.74, 6) is 0.771. The van der Waals surface area contributed by atoms with Crippen molar-refractivity contribution < 1.29 is 4.74 Å². The van der Waals surface area contributed by atoms with Crippen LogP contribution in [0, 0.1) is 13.8 Å². The van der Waals surface area contributed by atoms with Gasteiger partial charge in [-0.2, -0.15) is 0 Å². The molecular formula is C36H32N3OP. The zero-order valence-electron chi connectivity index (χ0n) is 23.5. The fourth-order valence-corrected chi connectivity index (χ4v) is 8.96. The van der Waals surface area contributed by atoms with Crippen molar-refractivity contribution in [3.05, 3.63) is 145 Å². The Morgan fingerprint density at radius 1 is 0.634 bits per heavy atom. The third-order valence-corrected chi connectivity index (χ3v) is 11.1. The summed E-state index contributed by atoms with van der Waals surface area (Å²) in [4.78, 5) is 4.91. The molecule has 0 bridgehead atoms. The monoisotopic (exact) mass is 553 g/mol. The van der Waals surface area contributed by atoms with Crippen LogP contribution in [0.25, 0.3) is 10.9 Å². The summed E-state index contributed by atoms with van der Waals surface area (Å²) in [6.07, 6.45) is 1.80. The van der Waals surface area contributed by atoms with Crippen LogP contribution in [0.1, 0.15) is 11.1 Å². The third-order valence-electron chi connectivity index (χ3n) is 7.45. The van der Waals surface area contributed by atoms with Crippen molar-refractivity contribution in [3.8, 4) is 5.75 Å². The van der Waals surface area contributed by atoms with E-state index in [2.05, 4.69) is 140 Å². The number of nitrogens with one attached hydrogen (secondary N) is 1. The molecule has 4 nitrogen and oxygen atoms in total. The van der Waals surface area contributed by atoms with Crippen molar-refractivity contribution in [2.24, 2.45) is 4.74 Å². The minimum absolute atomic E-state index is 0.771. The minimum atomic E-state index is -2.55. The molecule has 5 aromatic carbocycles. The van der Waals surface area contributed by atoms with Gasteiger partial charge in [-0.15, -0.1) is 0 Å². The fourth-order valence-electron chi connectivity index (χ4n) is 5.41. The van der Waals surface area contributed by atoms with Gasteiger partial charge in [0.15, 0.2) is 0 Å². The van der Waals surface area contributed by atoms with Crippen molar-refractivity contribution >= 4 is 50.9 Å². The van der Waals surface area contributed by atoms with E-state index in [0.717, 1.165) is 33.7 Å². The van der Waals surface area contributed by atoms with Crippen molar-refractivity contribution in [2.45, 2.75) is 13.8 Å². The van der Waals surface area contributed by atoms with E-state index in [1.165, 1.54) is 27.0 Å².